The predicted molar refractivity (Wildman–Crippen MR) is 99.7 cm³/mol. The molecule has 0 N–H and O–H groups in total. The van der Waals surface area contributed by atoms with Crippen molar-refractivity contribution in [3.63, 3.8) is 0 Å². The van der Waals surface area contributed by atoms with E-state index in [0.717, 1.165) is 10.4 Å². The number of amides is 1. The van der Waals surface area contributed by atoms with Gasteiger partial charge in [0.25, 0.3) is 18.3 Å². The van der Waals surface area contributed by atoms with Crippen molar-refractivity contribution in [2.75, 3.05) is 31.1 Å². The van der Waals surface area contributed by atoms with Crippen LogP contribution in [0, 0.1) is 12.3 Å². The molecular weight excluding hydrogens is 404 g/mol. The smallest absolute Gasteiger partial charge is 0.282 e. The largest absolute Gasteiger partial charge is 0.354 e. The van der Waals surface area contributed by atoms with Crippen molar-refractivity contribution in [2.24, 2.45) is 12.5 Å². The van der Waals surface area contributed by atoms with Gasteiger partial charge >= 0.3 is 0 Å². The zero-order valence-electron chi connectivity index (χ0n) is 16.7. The molecule has 2 aliphatic rings. The second-order valence-corrected chi connectivity index (χ2v) is 8.07. The second kappa shape index (κ2) is 7.21. The summed E-state index contributed by atoms with van der Waals surface area (Å²) in [6.45, 7) is 1.73. The van der Waals surface area contributed by atoms with Crippen LogP contribution in [0.4, 0.5) is 23.4 Å². The fourth-order valence-electron chi connectivity index (χ4n) is 4.33. The second-order valence-electron chi connectivity index (χ2n) is 8.07. The van der Waals surface area contributed by atoms with Crippen molar-refractivity contribution in [3.05, 3.63) is 35.3 Å². The van der Waals surface area contributed by atoms with Crippen LogP contribution >= 0.6 is 0 Å². The van der Waals surface area contributed by atoms with Crippen molar-refractivity contribution in [1.29, 1.82) is 0 Å². The molecule has 2 saturated heterocycles. The summed E-state index contributed by atoms with van der Waals surface area (Å²) >= 11 is 0. The number of carbonyl (C=O) groups excluding carboxylic acids is 1. The molecule has 162 valence electrons. The third-order valence-corrected chi connectivity index (χ3v) is 6.01. The SMILES string of the molecule is Cc1ccc(N2CC[C@@]3(CN(C(=O)c4cn(C)nc4C(F)F)CCC3(F)F)C2)nn1. The number of likely N-dealkylation sites (tertiary alicyclic amines) is 1. The van der Waals surface area contributed by atoms with Gasteiger partial charge in [-0.15, -0.1) is 5.10 Å². The highest BCUT2D eigenvalue weighted by Crippen LogP contribution is 2.50. The third-order valence-electron chi connectivity index (χ3n) is 6.01. The topological polar surface area (TPSA) is 67.2 Å². The first-order valence-electron chi connectivity index (χ1n) is 9.66. The standard InChI is InChI=1S/C19H22F4N6O/c1-12-3-4-14(25-24-12)28-7-5-18(10-28)11-29(8-6-19(18,22)23)17(30)13-9-27(2)26-15(13)16(20)21/h3-4,9,16H,5-8,10-11H2,1-2H3/t18-/m0/s1. The fraction of sp³-hybridized carbons (Fsp3) is 0.579. The zero-order valence-corrected chi connectivity index (χ0v) is 16.7. The lowest BCUT2D eigenvalue weighted by Gasteiger charge is -2.45. The van der Waals surface area contributed by atoms with Gasteiger partial charge in [-0.25, -0.2) is 17.6 Å². The van der Waals surface area contributed by atoms with E-state index in [1.165, 1.54) is 18.1 Å². The highest BCUT2D eigenvalue weighted by Gasteiger charge is 2.60. The van der Waals surface area contributed by atoms with E-state index in [4.69, 9.17) is 0 Å². The van der Waals surface area contributed by atoms with Gasteiger partial charge in [-0.3, -0.25) is 9.48 Å². The van der Waals surface area contributed by atoms with E-state index in [1.54, 1.807) is 24.0 Å². The van der Waals surface area contributed by atoms with Gasteiger partial charge in [0.1, 0.15) is 5.69 Å². The number of anilines is 1. The molecule has 11 heteroatoms. The molecule has 0 bridgehead atoms. The molecule has 4 heterocycles. The number of rotatable bonds is 3. The number of hydrogen-bond donors (Lipinski definition) is 0. The van der Waals surface area contributed by atoms with Gasteiger partial charge in [0.15, 0.2) is 5.82 Å². The van der Waals surface area contributed by atoms with Gasteiger partial charge in [-0.1, -0.05) is 0 Å². The van der Waals surface area contributed by atoms with Crippen LogP contribution in [-0.4, -0.2) is 62.9 Å². The van der Waals surface area contributed by atoms with Crippen molar-refractivity contribution in [3.8, 4) is 0 Å². The summed E-state index contributed by atoms with van der Waals surface area (Å²) in [4.78, 5) is 15.9. The molecule has 1 amide bonds. The van der Waals surface area contributed by atoms with Crippen molar-refractivity contribution in [1.82, 2.24) is 24.9 Å². The number of piperidine rings is 1. The molecule has 1 atom stereocenters. The summed E-state index contributed by atoms with van der Waals surface area (Å²) in [5, 5.41) is 11.7. The quantitative estimate of drug-likeness (QED) is 0.707. The lowest BCUT2D eigenvalue weighted by atomic mass is 9.75. The maximum absolute atomic E-state index is 15.0. The zero-order chi connectivity index (χ0) is 21.7. The number of hydrogen-bond acceptors (Lipinski definition) is 5. The van der Waals surface area contributed by atoms with Crippen LogP contribution in [0.2, 0.25) is 0 Å². The van der Waals surface area contributed by atoms with E-state index in [-0.39, 0.29) is 31.6 Å². The van der Waals surface area contributed by atoms with Gasteiger partial charge in [0.2, 0.25) is 0 Å². The molecule has 30 heavy (non-hydrogen) atoms. The minimum atomic E-state index is -2.99. The molecule has 2 aromatic heterocycles. The first kappa shape index (κ1) is 20.5. The first-order chi connectivity index (χ1) is 14.1. The number of carbonyl (C=O) groups is 1. The maximum atomic E-state index is 15.0. The number of nitrogens with zero attached hydrogens (tertiary/aromatic N) is 6. The summed E-state index contributed by atoms with van der Waals surface area (Å²) < 4.78 is 57.7. The molecule has 0 saturated carbocycles. The summed E-state index contributed by atoms with van der Waals surface area (Å²) in [6, 6.07) is 3.49. The van der Waals surface area contributed by atoms with Crippen LogP contribution in [-0.2, 0) is 7.05 Å². The lowest BCUT2D eigenvalue weighted by Crippen LogP contribution is -2.58. The molecule has 0 aliphatic carbocycles. The van der Waals surface area contributed by atoms with Crippen LogP contribution in [0.25, 0.3) is 0 Å². The van der Waals surface area contributed by atoms with E-state index < -0.39 is 35.8 Å². The van der Waals surface area contributed by atoms with Crippen LogP contribution in [0.1, 0.15) is 41.0 Å². The van der Waals surface area contributed by atoms with Crippen LogP contribution in [0.3, 0.4) is 0 Å². The van der Waals surface area contributed by atoms with Gasteiger partial charge in [0.05, 0.1) is 16.7 Å². The minimum absolute atomic E-state index is 0.0102. The molecule has 0 aromatic carbocycles. The molecule has 4 rings (SSSR count). The molecule has 1 spiro atoms. The van der Waals surface area contributed by atoms with E-state index in [2.05, 4.69) is 15.3 Å². The van der Waals surface area contributed by atoms with Gasteiger partial charge in [-0.05, 0) is 25.5 Å². The summed E-state index contributed by atoms with van der Waals surface area (Å²) in [7, 11) is 1.44. The first-order valence-corrected chi connectivity index (χ1v) is 9.66. The lowest BCUT2D eigenvalue weighted by molar-refractivity contribution is -0.150. The van der Waals surface area contributed by atoms with E-state index >= 15 is 8.78 Å². The normalized spacial score (nSPS) is 23.6. The Morgan fingerprint density at radius 2 is 1.90 bits per heavy atom. The average molecular weight is 426 g/mol. The Morgan fingerprint density at radius 1 is 1.13 bits per heavy atom. The number of halogens is 4. The Morgan fingerprint density at radius 3 is 2.57 bits per heavy atom. The van der Waals surface area contributed by atoms with Crippen molar-refractivity contribution in [2.45, 2.75) is 32.1 Å². The molecule has 0 radical (unpaired) electrons. The van der Waals surface area contributed by atoms with Gasteiger partial charge < -0.3 is 9.80 Å². The Balaban J connectivity index is 1.58. The van der Waals surface area contributed by atoms with Crippen molar-refractivity contribution < 1.29 is 22.4 Å². The third kappa shape index (κ3) is 3.39. The maximum Gasteiger partial charge on any atom is 0.282 e. The van der Waals surface area contributed by atoms with Crippen molar-refractivity contribution >= 4 is 11.7 Å². The van der Waals surface area contributed by atoms with E-state index in [1.807, 2.05) is 0 Å². The fourth-order valence-corrected chi connectivity index (χ4v) is 4.33. The monoisotopic (exact) mass is 426 g/mol. The molecule has 2 aliphatic heterocycles. The van der Waals surface area contributed by atoms with E-state index in [9.17, 15) is 13.6 Å². The Labute approximate surface area is 170 Å². The number of aryl methyl sites for hydroxylation is 2. The summed E-state index contributed by atoms with van der Waals surface area (Å²) in [6.07, 6.45) is -2.07. The van der Waals surface area contributed by atoms with Crippen LogP contribution in [0.15, 0.2) is 18.3 Å². The average Bonchev–Trinajstić information content (AvgIpc) is 3.29. The molecular formula is C19H22F4N6O. The highest BCUT2D eigenvalue weighted by molar-refractivity contribution is 5.95. The van der Waals surface area contributed by atoms with E-state index in [0.29, 0.717) is 12.4 Å². The minimum Gasteiger partial charge on any atom is -0.354 e. The molecule has 0 unspecified atom stereocenters. The highest BCUT2D eigenvalue weighted by atomic mass is 19.3. The predicted octanol–water partition coefficient (Wildman–Crippen LogP) is 2.83. The molecule has 7 nitrogen and oxygen atoms in total. The van der Waals surface area contributed by atoms with Gasteiger partial charge in [0, 0.05) is 45.8 Å². The van der Waals surface area contributed by atoms with Gasteiger partial charge in [-0.2, -0.15) is 10.2 Å². The Bertz CT molecular complexity index is 947. The number of aromatic nitrogens is 4. The summed E-state index contributed by atoms with van der Waals surface area (Å²) in [5.74, 6) is -3.18. The van der Waals surface area contributed by atoms with Crippen LogP contribution < -0.4 is 4.90 Å². The van der Waals surface area contributed by atoms with Crippen LogP contribution in [0.5, 0.6) is 0 Å². The summed E-state index contributed by atoms with van der Waals surface area (Å²) in [5.41, 5.74) is -1.62. The Kier molecular flexibility index (Phi) is 4.94. The molecule has 2 aromatic rings. The number of alkyl halides is 4. The molecule has 2 fully saturated rings. The Hall–Kier alpha value is -2.72.